The molecule has 4 heteroatoms. The molecule has 19 heavy (non-hydrogen) atoms. The van der Waals surface area contributed by atoms with Gasteiger partial charge in [-0.15, -0.1) is 0 Å². The summed E-state index contributed by atoms with van der Waals surface area (Å²) in [4.78, 5) is 11.2. The first kappa shape index (κ1) is 15.5. The lowest BCUT2D eigenvalue weighted by Gasteiger charge is -2.25. The number of hydrogen-bond donors (Lipinski definition) is 2. The second kappa shape index (κ2) is 5.61. The molecule has 0 bridgehead atoms. The van der Waals surface area contributed by atoms with Gasteiger partial charge >= 0.3 is 5.97 Å². The highest BCUT2D eigenvalue weighted by Gasteiger charge is 2.31. The van der Waals surface area contributed by atoms with Gasteiger partial charge in [0.1, 0.15) is 5.75 Å². The lowest BCUT2D eigenvalue weighted by Crippen LogP contribution is -2.29. The Labute approximate surface area is 114 Å². The molecule has 0 spiro atoms. The van der Waals surface area contributed by atoms with Gasteiger partial charge in [0.25, 0.3) is 0 Å². The van der Waals surface area contributed by atoms with Crippen LogP contribution in [-0.2, 0) is 4.79 Å². The average Bonchev–Trinajstić information content (AvgIpc) is 2.31. The number of nitrogens with two attached hydrogens (primary N) is 1. The molecule has 3 N–H and O–H groups in total. The highest BCUT2D eigenvalue weighted by molar-refractivity contribution is 5.73. The fourth-order valence-corrected chi connectivity index (χ4v) is 2.03. The summed E-state index contributed by atoms with van der Waals surface area (Å²) in [6.45, 7) is 7.38. The monoisotopic (exact) mass is 265 g/mol. The Morgan fingerprint density at radius 1 is 1.37 bits per heavy atom. The van der Waals surface area contributed by atoms with E-state index in [1.54, 1.807) is 21.0 Å². The Morgan fingerprint density at radius 2 is 1.89 bits per heavy atom. The van der Waals surface area contributed by atoms with Gasteiger partial charge in [-0.05, 0) is 51.3 Å². The maximum absolute atomic E-state index is 11.2. The summed E-state index contributed by atoms with van der Waals surface area (Å²) >= 11 is 0. The van der Waals surface area contributed by atoms with Crippen LogP contribution in [0.5, 0.6) is 5.75 Å². The van der Waals surface area contributed by atoms with Gasteiger partial charge in [0.15, 0.2) is 0 Å². The third kappa shape index (κ3) is 3.47. The molecule has 0 radical (unpaired) electrons. The highest BCUT2D eigenvalue weighted by atomic mass is 16.5. The number of aliphatic carboxylic acids is 1. The Bertz CT molecular complexity index is 481. The van der Waals surface area contributed by atoms with Gasteiger partial charge in [-0.2, -0.15) is 0 Å². The molecule has 0 aliphatic rings. The van der Waals surface area contributed by atoms with Crippen LogP contribution in [0.2, 0.25) is 0 Å². The summed E-state index contributed by atoms with van der Waals surface area (Å²) in [6, 6.07) is 3.56. The van der Waals surface area contributed by atoms with Crippen molar-refractivity contribution in [1.82, 2.24) is 0 Å². The normalized spacial score (nSPS) is 13.2. The minimum absolute atomic E-state index is 0.361. The number of carboxylic acid groups (broad SMARTS) is 1. The largest absolute Gasteiger partial charge is 0.496 e. The van der Waals surface area contributed by atoms with Crippen molar-refractivity contribution in [2.45, 2.75) is 40.2 Å². The maximum atomic E-state index is 11.2. The minimum atomic E-state index is -0.858. The topological polar surface area (TPSA) is 72.5 Å². The first-order chi connectivity index (χ1) is 8.69. The number of ether oxygens (including phenoxy) is 1. The van der Waals surface area contributed by atoms with E-state index in [0.717, 1.165) is 22.4 Å². The van der Waals surface area contributed by atoms with Crippen LogP contribution in [0, 0.1) is 19.3 Å². The first-order valence-corrected chi connectivity index (χ1v) is 6.33. The van der Waals surface area contributed by atoms with E-state index < -0.39 is 11.4 Å². The smallest absolute Gasteiger partial charge is 0.309 e. The summed E-state index contributed by atoms with van der Waals surface area (Å²) in [6.07, 6.45) is 0.362. The molecule has 0 heterocycles. The summed E-state index contributed by atoms with van der Waals surface area (Å²) < 4.78 is 5.35. The van der Waals surface area contributed by atoms with Gasteiger partial charge in [0, 0.05) is 11.6 Å². The standard InChI is InChI=1S/C15H23NO3/c1-9-6-11(13(19-5)7-10(9)2)12(16)8-15(3,4)14(17)18/h6-7,12H,8,16H2,1-5H3,(H,17,18). The van der Waals surface area contributed by atoms with Crippen molar-refractivity contribution in [3.63, 3.8) is 0 Å². The molecular weight excluding hydrogens is 242 g/mol. The van der Waals surface area contributed by atoms with Crippen LogP contribution >= 0.6 is 0 Å². The van der Waals surface area contributed by atoms with Crippen molar-refractivity contribution >= 4 is 5.97 Å². The molecule has 1 aromatic rings. The maximum Gasteiger partial charge on any atom is 0.309 e. The number of aryl methyl sites for hydroxylation is 2. The molecule has 1 atom stereocenters. The summed E-state index contributed by atoms with van der Waals surface area (Å²) in [7, 11) is 1.60. The van der Waals surface area contributed by atoms with Gasteiger partial charge in [-0.3, -0.25) is 4.79 Å². The van der Waals surface area contributed by atoms with Crippen molar-refractivity contribution in [3.8, 4) is 5.75 Å². The molecule has 0 fully saturated rings. The molecule has 1 aromatic carbocycles. The lowest BCUT2D eigenvalue weighted by molar-refractivity contribution is -0.147. The van der Waals surface area contributed by atoms with E-state index in [1.165, 1.54) is 0 Å². The quantitative estimate of drug-likeness (QED) is 0.858. The van der Waals surface area contributed by atoms with Gasteiger partial charge < -0.3 is 15.6 Å². The Hall–Kier alpha value is -1.55. The van der Waals surface area contributed by atoms with Crippen LogP contribution in [0.25, 0.3) is 0 Å². The summed E-state index contributed by atoms with van der Waals surface area (Å²) in [5.41, 5.74) is 8.43. The van der Waals surface area contributed by atoms with Crippen LogP contribution in [-0.4, -0.2) is 18.2 Å². The molecule has 0 aliphatic heterocycles. The molecule has 4 nitrogen and oxygen atoms in total. The van der Waals surface area contributed by atoms with Gasteiger partial charge in [-0.1, -0.05) is 6.07 Å². The van der Waals surface area contributed by atoms with E-state index in [1.807, 2.05) is 26.0 Å². The Kier molecular flexibility index (Phi) is 4.58. The average molecular weight is 265 g/mol. The third-order valence-corrected chi connectivity index (χ3v) is 3.55. The zero-order valence-electron chi connectivity index (χ0n) is 12.3. The number of carbonyl (C=O) groups is 1. The lowest BCUT2D eigenvalue weighted by atomic mass is 9.83. The van der Waals surface area contributed by atoms with Crippen LogP contribution in [0.1, 0.15) is 43.0 Å². The molecule has 106 valence electrons. The fraction of sp³-hybridized carbons (Fsp3) is 0.533. The van der Waals surface area contributed by atoms with Crippen LogP contribution < -0.4 is 10.5 Å². The zero-order valence-corrected chi connectivity index (χ0v) is 12.3. The minimum Gasteiger partial charge on any atom is -0.496 e. The van der Waals surface area contributed by atoms with E-state index >= 15 is 0 Å². The first-order valence-electron chi connectivity index (χ1n) is 6.33. The van der Waals surface area contributed by atoms with E-state index in [0.29, 0.717) is 6.42 Å². The third-order valence-electron chi connectivity index (χ3n) is 3.55. The van der Waals surface area contributed by atoms with E-state index in [9.17, 15) is 9.90 Å². The number of rotatable bonds is 5. The Morgan fingerprint density at radius 3 is 2.37 bits per heavy atom. The molecular formula is C15H23NO3. The van der Waals surface area contributed by atoms with Gasteiger partial charge in [0.2, 0.25) is 0 Å². The molecule has 0 aliphatic carbocycles. The van der Waals surface area contributed by atoms with Gasteiger partial charge in [-0.25, -0.2) is 0 Å². The zero-order chi connectivity index (χ0) is 14.8. The summed E-state index contributed by atoms with van der Waals surface area (Å²) in [5, 5.41) is 9.18. The molecule has 0 saturated heterocycles. The van der Waals surface area contributed by atoms with Crippen molar-refractivity contribution < 1.29 is 14.6 Å². The second-order valence-electron chi connectivity index (χ2n) is 5.68. The van der Waals surface area contributed by atoms with Crippen LogP contribution in [0.3, 0.4) is 0 Å². The van der Waals surface area contributed by atoms with Gasteiger partial charge in [0.05, 0.1) is 12.5 Å². The van der Waals surface area contributed by atoms with E-state index in [-0.39, 0.29) is 6.04 Å². The van der Waals surface area contributed by atoms with Crippen LogP contribution in [0.4, 0.5) is 0 Å². The summed E-state index contributed by atoms with van der Waals surface area (Å²) in [5.74, 6) is -0.123. The molecule has 0 saturated carbocycles. The molecule has 0 aromatic heterocycles. The molecule has 1 rings (SSSR count). The second-order valence-corrected chi connectivity index (χ2v) is 5.68. The fourth-order valence-electron chi connectivity index (χ4n) is 2.03. The number of carboxylic acids is 1. The Balaban J connectivity index is 3.09. The van der Waals surface area contributed by atoms with Crippen LogP contribution in [0.15, 0.2) is 12.1 Å². The molecule has 1 unspecified atom stereocenters. The predicted molar refractivity (Wildman–Crippen MR) is 75.4 cm³/mol. The van der Waals surface area contributed by atoms with E-state index in [2.05, 4.69) is 0 Å². The van der Waals surface area contributed by atoms with Crippen molar-refractivity contribution in [2.75, 3.05) is 7.11 Å². The number of methoxy groups -OCH3 is 1. The van der Waals surface area contributed by atoms with Crippen molar-refractivity contribution in [3.05, 3.63) is 28.8 Å². The van der Waals surface area contributed by atoms with E-state index in [4.69, 9.17) is 10.5 Å². The van der Waals surface area contributed by atoms with Crippen molar-refractivity contribution in [1.29, 1.82) is 0 Å². The number of hydrogen-bond acceptors (Lipinski definition) is 3. The molecule has 0 amide bonds. The SMILES string of the molecule is COc1cc(C)c(C)cc1C(N)CC(C)(C)C(=O)O. The highest BCUT2D eigenvalue weighted by Crippen LogP contribution is 2.34. The predicted octanol–water partition coefficient (Wildman–Crippen LogP) is 2.81. The number of benzene rings is 1. The van der Waals surface area contributed by atoms with Crippen molar-refractivity contribution in [2.24, 2.45) is 11.1 Å².